The van der Waals surface area contributed by atoms with Crippen molar-refractivity contribution in [2.75, 3.05) is 0 Å². The SMILES string of the molecule is C=C(C)C(N(C1CCCCC1)C(C)(C)C)[SiH](C)C. The first-order valence-electron chi connectivity index (χ1n) is 7.69. The smallest absolute Gasteiger partial charge is 0.0561 e. The molecule has 0 N–H and O–H groups in total. The first kappa shape index (κ1) is 16.0. The van der Waals surface area contributed by atoms with Gasteiger partial charge >= 0.3 is 0 Å². The Bertz CT molecular complexity index is 271. The largest absolute Gasteiger partial charge is 0.292 e. The summed E-state index contributed by atoms with van der Waals surface area (Å²) in [6.07, 6.45) is 7.05. The average Bonchev–Trinajstić information content (AvgIpc) is 2.24. The minimum Gasteiger partial charge on any atom is -0.292 e. The fourth-order valence-electron chi connectivity index (χ4n) is 3.68. The molecule has 1 unspecified atom stereocenters. The Morgan fingerprint density at radius 1 is 1.17 bits per heavy atom. The third-order valence-electron chi connectivity index (χ3n) is 4.18. The summed E-state index contributed by atoms with van der Waals surface area (Å²) in [4.78, 5) is 2.82. The summed E-state index contributed by atoms with van der Waals surface area (Å²) < 4.78 is 0. The molecule has 0 heterocycles. The van der Waals surface area contributed by atoms with Gasteiger partial charge in [0, 0.05) is 17.2 Å². The minimum absolute atomic E-state index is 0.267. The molecule has 1 atom stereocenters. The lowest BCUT2D eigenvalue weighted by molar-refractivity contribution is 0.0544. The highest BCUT2D eigenvalue weighted by Crippen LogP contribution is 2.32. The van der Waals surface area contributed by atoms with E-state index in [2.05, 4.69) is 52.3 Å². The number of hydrogen-bond acceptors (Lipinski definition) is 1. The van der Waals surface area contributed by atoms with Crippen molar-refractivity contribution in [3.05, 3.63) is 12.2 Å². The van der Waals surface area contributed by atoms with Gasteiger partial charge < -0.3 is 0 Å². The molecule has 106 valence electrons. The van der Waals surface area contributed by atoms with E-state index in [9.17, 15) is 0 Å². The normalized spacial score (nSPS) is 20.4. The zero-order valence-electron chi connectivity index (χ0n) is 13.4. The van der Waals surface area contributed by atoms with Crippen LogP contribution in [0.3, 0.4) is 0 Å². The third-order valence-corrected chi connectivity index (χ3v) is 6.33. The highest BCUT2D eigenvalue weighted by Gasteiger charge is 2.37. The molecule has 18 heavy (non-hydrogen) atoms. The molecule has 0 aromatic carbocycles. The van der Waals surface area contributed by atoms with Gasteiger partial charge in [-0.05, 0) is 40.5 Å². The Labute approximate surface area is 116 Å². The molecule has 1 aliphatic carbocycles. The molecule has 1 fully saturated rings. The molecule has 0 spiro atoms. The van der Waals surface area contributed by atoms with Crippen LogP contribution in [0.1, 0.15) is 59.8 Å². The van der Waals surface area contributed by atoms with Gasteiger partial charge in [0.15, 0.2) is 0 Å². The van der Waals surface area contributed by atoms with Gasteiger partial charge in [0.1, 0.15) is 0 Å². The van der Waals surface area contributed by atoms with Gasteiger partial charge in [-0.3, -0.25) is 4.90 Å². The molecule has 0 radical (unpaired) electrons. The van der Waals surface area contributed by atoms with Crippen molar-refractivity contribution >= 4 is 8.80 Å². The molecule has 0 bridgehead atoms. The van der Waals surface area contributed by atoms with Crippen LogP contribution in [-0.4, -0.2) is 30.9 Å². The van der Waals surface area contributed by atoms with Crippen molar-refractivity contribution in [2.24, 2.45) is 0 Å². The Hall–Kier alpha value is -0.0831. The second kappa shape index (κ2) is 6.38. The van der Waals surface area contributed by atoms with Crippen LogP contribution in [0, 0.1) is 0 Å². The molecule has 1 nitrogen and oxygen atoms in total. The monoisotopic (exact) mass is 267 g/mol. The van der Waals surface area contributed by atoms with Gasteiger partial charge in [0.05, 0.1) is 8.80 Å². The van der Waals surface area contributed by atoms with Crippen LogP contribution in [0.5, 0.6) is 0 Å². The fourth-order valence-corrected chi connectivity index (χ4v) is 6.15. The third kappa shape index (κ3) is 3.96. The second-order valence-electron chi connectivity index (χ2n) is 7.41. The predicted octanol–water partition coefficient (Wildman–Crippen LogP) is 4.39. The van der Waals surface area contributed by atoms with Crippen LogP contribution >= 0.6 is 0 Å². The van der Waals surface area contributed by atoms with Gasteiger partial charge in [-0.25, -0.2) is 0 Å². The van der Waals surface area contributed by atoms with Crippen molar-refractivity contribution in [3.8, 4) is 0 Å². The van der Waals surface area contributed by atoms with E-state index < -0.39 is 8.80 Å². The summed E-state index contributed by atoms with van der Waals surface area (Å²) in [7, 11) is -0.746. The van der Waals surface area contributed by atoms with Gasteiger partial charge in [-0.2, -0.15) is 0 Å². The molecule has 1 rings (SSSR count). The molecule has 0 amide bonds. The molecule has 1 saturated carbocycles. The summed E-state index contributed by atoms with van der Waals surface area (Å²) in [5.41, 5.74) is 2.31. The lowest BCUT2D eigenvalue weighted by Gasteiger charge is -2.49. The molecule has 0 saturated heterocycles. The van der Waals surface area contributed by atoms with E-state index >= 15 is 0 Å². The Morgan fingerprint density at radius 2 is 1.67 bits per heavy atom. The first-order valence-corrected chi connectivity index (χ1v) is 10.7. The standard InChI is InChI=1S/C16H33NSi/c1-13(2)15(18(6)7)17(16(3,4)5)14-11-9-8-10-12-14/h14-15,18H,1,8-12H2,2-7H3. The lowest BCUT2D eigenvalue weighted by Crippen LogP contribution is -2.58. The van der Waals surface area contributed by atoms with Gasteiger partial charge in [0.25, 0.3) is 0 Å². The summed E-state index contributed by atoms with van der Waals surface area (Å²) in [5, 5.41) is 0. The van der Waals surface area contributed by atoms with E-state index in [1.165, 1.54) is 37.7 Å². The maximum atomic E-state index is 4.30. The molecule has 0 aliphatic heterocycles. The summed E-state index contributed by atoms with van der Waals surface area (Å²) in [6.45, 7) is 18.6. The first-order chi connectivity index (χ1) is 8.25. The van der Waals surface area contributed by atoms with Crippen molar-refractivity contribution in [3.63, 3.8) is 0 Å². The average molecular weight is 268 g/mol. The van der Waals surface area contributed by atoms with E-state index in [0.717, 1.165) is 6.04 Å². The van der Waals surface area contributed by atoms with E-state index in [0.29, 0.717) is 5.67 Å². The molecule has 0 aromatic rings. The maximum absolute atomic E-state index is 4.30. The molecule has 2 heteroatoms. The zero-order valence-corrected chi connectivity index (χ0v) is 14.6. The van der Waals surface area contributed by atoms with Crippen molar-refractivity contribution in [2.45, 2.75) is 90.1 Å². The highest BCUT2D eigenvalue weighted by atomic mass is 28.3. The van der Waals surface area contributed by atoms with Crippen LogP contribution in [-0.2, 0) is 0 Å². The number of hydrogen-bond donors (Lipinski definition) is 0. The molecule has 1 aliphatic rings. The van der Waals surface area contributed by atoms with Crippen molar-refractivity contribution in [1.29, 1.82) is 0 Å². The topological polar surface area (TPSA) is 3.24 Å². The van der Waals surface area contributed by atoms with Crippen molar-refractivity contribution in [1.82, 2.24) is 4.90 Å². The lowest BCUT2D eigenvalue weighted by atomic mass is 9.90. The van der Waals surface area contributed by atoms with Gasteiger partial charge in [-0.1, -0.05) is 44.5 Å². The summed E-state index contributed by atoms with van der Waals surface area (Å²) in [5.74, 6) is 0. The zero-order chi connectivity index (χ0) is 13.9. The van der Waals surface area contributed by atoms with Crippen LogP contribution in [0.4, 0.5) is 0 Å². The number of nitrogens with zero attached hydrogens (tertiary/aromatic N) is 1. The molecular weight excluding hydrogens is 234 g/mol. The maximum Gasteiger partial charge on any atom is 0.0561 e. The summed E-state index contributed by atoms with van der Waals surface area (Å²) >= 11 is 0. The van der Waals surface area contributed by atoms with Crippen molar-refractivity contribution < 1.29 is 0 Å². The molecule has 0 aromatic heterocycles. The minimum atomic E-state index is -0.746. The van der Waals surface area contributed by atoms with E-state index in [1.807, 2.05) is 0 Å². The number of rotatable bonds is 4. The molecular formula is C16H33NSi. The van der Waals surface area contributed by atoms with Crippen LogP contribution in [0.25, 0.3) is 0 Å². The van der Waals surface area contributed by atoms with Crippen LogP contribution < -0.4 is 0 Å². The Morgan fingerprint density at radius 3 is 2.00 bits per heavy atom. The quantitative estimate of drug-likeness (QED) is 0.539. The fraction of sp³-hybridized carbons (Fsp3) is 0.875. The second-order valence-corrected chi connectivity index (χ2v) is 10.5. The summed E-state index contributed by atoms with van der Waals surface area (Å²) in [6, 6.07) is 0.787. The predicted molar refractivity (Wildman–Crippen MR) is 85.9 cm³/mol. The van der Waals surface area contributed by atoms with E-state index in [1.54, 1.807) is 0 Å². The van der Waals surface area contributed by atoms with Crippen LogP contribution in [0.15, 0.2) is 12.2 Å². The van der Waals surface area contributed by atoms with Crippen LogP contribution in [0.2, 0.25) is 13.1 Å². The Balaban J connectivity index is 2.99. The Kier molecular flexibility index (Phi) is 5.66. The van der Waals surface area contributed by atoms with Gasteiger partial charge in [-0.15, -0.1) is 0 Å². The van der Waals surface area contributed by atoms with Gasteiger partial charge in [0.2, 0.25) is 0 Å². The van der Waals surface area contributed by atoms with E-state index in [-0.39, 0.29) is 5.54 Å². The highest BCUT2D eigenvalue weighted by molar-refractivity contribution is 6.58. The van der Waals surface area contributed by atoms with E-state index in [4.69, 9.17) is 0 Å².